The lowest BCUT2D eigenvalue weighted by molar-refractivity contribution is 0.261. The first-order valence-corrected chi connectivity index (χ1v) is 8.53. The number of aromatic nitrogens is 2. The van der Waals surface area contributed by atoms with Gasteiger partial charge in [-0.25, -0.2) is 4.68 Å². The van der Waals surface area contributed by atoms with Gasteiger partial charge in [0, 0.05) is 44.7 Å². The number of rotatable bonds is 8. The topological polar surface area (TPSA) is 54.4 Å². The number of ether oxygens (including phenoxy) is 1. The highest BCUT2D eigenvalue weighted by Crippen LogP contribution is 2.16. The second-order valence-electron chi connectivity index (χ2n) is 6.57. The number of anilines is 1. The lowest BCUT2D eigenvalue weighted by Gasteiger charge is -2.25. The van der Waals surface area contributed by atoms with Crippen LogP contribution in [0.1, 0.15) is 5.56 Å². The Balaban J connectivity index is 1.38. The van der Waals surface area contributed by atoms with Gasteiger partial charge in [-0.3, -0.25) is 0 Å². The number of benzene rings is 1. The Hall–Kier alpha value is -2.05. The van der Waals surface area contributed by atoms with Crippen LogP contribution in [0.3, 0.4) is 0 Å². The Bertz CT molecular complexity index is 623. The van der Waals surface area contributed by atoms with E-state index in [0.717, 1.165) is 44.3 Å². The third kappa shape index (κ3) is 4.72. The van der Waals surface area contributed by atoms with Crippen molar-refractivity contribution in [2.24, 2.45) is 5.92 Å². The van der Waals surface area contributed by atoms with Crippen molar-refractivity contribution in [2.45, 2.75) is 13.1 Å². The molecule has 1 atom stereocenters. The molecule has 0 radical (unpaired) electrons. The van der Waals surface area contributed by atoms with E-state index in [2.05, 4.69) is 32.8 Å². The lowest BCUT2D eigenvalue weighted by atomic mass is 10.1. The molecule has 0 saturated carbocycles. The highest BCUT2D eigenvalue weighted by atomic mass is 16.5. The van der Waals surface area contributed by atoms with Crippen LogP contribution in [-0.2, 0) is 13.1 Å². The minimum Gasteiger partial charge on any atom is -0.492 e. The number of hydrogen-bond acceptors (Lipinski definition) is 5. The molecule has 6 nitrogen and oxygen atoms in total. The first kappa shape index (κ1) is 16.8. The number of nitrogens with one attached hydrogen (secondary N) is 2. The van der Waals surface area contributed by atoms with Crippen LogP contribution in [-0.4, -0.2) is 55.0 Å². The highest BCUT2D eigenvalue weighted by Gasteiger charge is 2.17. The Morgan fingerprint density at radius 3 is 2.92 bits per heavy atom. The number of fused-ring (bicyclic) bond motifs is 1. The Labute approximate surface area is 143 Å². The van der Waals surface area contributed by atoms with E-state index in [-0.39, 0.29) is 0 Å². The molecule has 1 aromatic carbocycles. The second-order valence-corrected chi connectivity index (χ2v) is 6.57. The van der Waals surface area contributed by atoms with Crippen molar-refractivity contribution < 1.29 is 4.74 Å². The molecule has 1 aromatic heterocycles. The zero-order valence-corrected chi connectivity index (χ0v) is 14.5. The van der Waals surface area contributed by atoms with Crippen LogP contribution < -0.4 is 15.4 Å². The molecule has 130 valence electrons. The van der Waals surface area contributed by atoms with Crippen LogP contribution in [0.15, 0.2) is 36.5 Å². The lowest BCUT2D eigenvalue weighted by Crippen LogP contribution is -2.35. The molecule has 2 aromatic rings. The predicted molar refractivity (Wildman–Crippen MR) is 96.4 cm³/mol. The van der Waals surface area contributed by atoms with Gasteiger partial charge in [0.05, 0.1) is 6.20 Å². The van der Waals surface area contributed by atoms with Gasteiger partial charge in [0.15, 0.2) is 0 Å². The normalized spacial score (nSPS) is 16.7. The van der Waals surface area contributed by atoms with Crippen LogP contribution in [0.2, 0.25) is 0 Å². The van der Waals surface area contributed by atoms with Crippen molar-refractivity contribution >= 4 is 5.82 Å². The highest BCUT2D eigenvalue weighted by molar-refractivity contribution is 5.35. The minimum absolute atomic E-state index is 0.561. The summed E-state index contributed by atoms with van der Waals surface area (Å²) in [5, 5.41) is 11.3. The van der Waals surface area contributed by atoms with Gasteiger partial charge in [-0.15, -0.1) is 0 Å². The Kier molecular flexibility index (Phi) is 5.72. The monoisotopic (exact) mass is 329 g/mol. The maximum Gasteiger partial charge on any atom is 0.124 e. The zero-order valence-electron chi connectivity index (χ0n) is 14.5. The molecule has 1 unspecified atom stereocenters. The van der Waals surface area contributed by atoms with Gasteiger partial charge in [0.2, 0.25) is 0 Å². The average molecular weight is 329 g/mol. The summed E-state index contributed by atoms with van der Waals surface area (Å²) in [6, 6.07) is 10.4. The maximum atomic E-state index is 5.72. The molecule has 1 aliphatic rings. The van der Waals surface area contributed by atoms with Gasteiger partial charge < -0.3 is 20.3 Å². The third-order valence-corrected chi connectivity index (χ3v) is 4.21. The Morgan fingerprint density at radius 1 is 1.29 bits per heavy atom. The van der Waals surface area contributed by atoms with Gasteiger partial charge in [0.25, 0.3) is 0 Å². The quantitative estimate of drug-likeness (QED) is 0.771. The summed E-state index contributed by atoms with van der Waals surface area (Å²) in [6.07, 6.45) is 1.85. The van der Waals surface area contributed by atoms with E-state index in [4.69, 9.17) is 4.74 Å². The first-order valence-electron chi connectivity index (χ1n) is 8.53. The minimum atomic E-state index is 0.561. The van der Waals surface area contributed by atoms with E-state index in [1.165, 1.54) is 5.56 Å². The van der Waals surface area contributed by atoms with Crippen molar-refractivity contribution in [1.82, 2.24) is 20.0 Å². The van der Waals surface area contributed by atoms with Crippen molar-refractivity contribution in [2.75, 3.05) is 45.7 Å². The predicted octanol–water partition coefficient (Wildman–Crippen LogP) is 1.65. The van der Waals surface area contributed by atoms with Crippen LogP contribution in [0, 0.1) is 5.92 Å². The van der Waals surface area contributed by atoms with Gasteiger partial charge in [-0.2, -0.15) is 5.10 Å². The Morgan fingerprint density at radius 2 is 2.12 bits per heavy atom. The molecule has 0 fully saturated rings. The van der Waals surface area contributed by atoms with Crippen molar-refractivity contribution in [1.29, 1.82) is 0 Å². The zero-order chi connectivity index (χ0) is 16.8. The average Bonchev–Trinajstić information content (AvgIpc) is 3.04. The SMILES string of the molecule is CN(C)CCOc1ccc(CNCC2CNc3ccnn3C2)cc1. The molecule has 0 spiro atoms. The van der Waals surface area contributed by atoms with Crippen LogP contribution in [0.5, 0.6) is 5.75 Å². The molecule has 0 bridgehead atoms. The largest absolute Gasteiger partial charge is 0.492 e. The van der Waals surface area contributed by atoms with Gasteiger partial charge in [0.1, 0.15) is 18.2 Å². The van der Waals surface area contributed by atoms with Crippen molar-refractivity contribution in [3.63, 3.8) is 0 Å². The van der Waals surface area contributed by atoms with E-state index in [9.17, 15) is 0 Å². The molecule has 6 heteroatoms. The van der Waals surface area contributed by atoms with Crippen LogP contribution >= 0.6 is 0 Å². The van der Waals surface area contributed by atoms with E-state index in [1.807, 2.05) is 43.2 Å². The van der Waals surface area contributed by atoms with E-state index >= 15 is 0 Å². The number of hydrogen-bond donors (Lipinski definition) is 2. The summed E-state index contributed by atoms with van der Waals surface area (Å²) in [5.41, 5.74) is 1.28. The fraction of sp³-hybridized carbons (Fsp3) is 0.500. The summed E-state index contributed by atoms with van der Waals surface area (Å²) in [4.78, 5) is 2.12. The molecular weight excluding hydrogens is 302 g/mol. The third-order valence-electron chi connectivity index (χ3n) is 4.21. The number of nitrogens with zero attached hydrogens (tertiary/aromatic N) is 3. The molecule has 24 heavy (non-hydrogen) atoms. The van der Waals surface area contributed by atoms with E-state index < -0.39 is 0 Å². The molecule has 1 aliphatic heterocycles. The van der Waals surface area contributed by atoms with E-state index in [1.54, 1.807) is 0 Å². The van der Waals surface area contributed by atoms with Crippen molar-refractivity contribution in [3.05, 3.63) is 42.1 Å². The fourth-order valence-corrected chi connectivity index (χ4v) is 2.79. The number of likely N-dealkylation sites (N-methyl/N-ethyl adjacent to an activating group) is 1. The van der Waals surface area contributed by atoms with Gasteiger partial charge >= 0.3 is 0 Å². The summed E-state index contributed by atoms with van der Waals surface area (Å²) < 4.78 is 7.75. The summed E-state index contributed by atoms with van der Waals surface area (Å²) in [5.74, 6) is 2.62. The van der Waals surface area contributed by atoms with Gasteiger partial charge in [-0.1, -0.05) is 12.1 Å². The van der Waals surface area contributed by atoms with Crippen LogP contribution in [0.4, 0.5) is 5.82 Å². The molecule has 0 saturated heterocycles. The second kappa shape index (κ2) is 8.17. The molecular formula is C18H27N5O. The molecule has 0 aliphatic carbocycles. The van der Waals surface area contributed by atoms with Crippen LogP contribution in [0.25, 0.3) is 0 Å². The summed E-state index contributed by atoms with van der Waals surface area (Å²) in [6.45, 7) is 5.47. The van der Waals surface area contributed by atoms with Crippen molar-refractivity contribution in [3.8, 4) is 5.75 Å². The fourth-order valence-electron chi connectivity index (χ4n) is 2.79. The summed E-state index contributed by atoms with van der Waals surface area (Å²) >= 11 is 0. The first-order chi connectivity index (χ1) is 11.7. The molecule has 0 amide bonds. The molecule has 2 heterocycles. The molecule has 3 rings (SSSR count). The smallest absolute Gasteiger partial charge is 0.124 e. The maximum absolute atomic E-state index is 5.72. The molecule has 2 N–H and O–H groups in total. The summed E-state index contributed by atoms with van der Waals surface area (Å²) in [7, 11) is 4.10. The standard InChI is InChI=1S/C18H27N5O/c1-22(2)9-10-24-17-5-3-15(4-6-17)11-19-12-16-13-20-18-7-8-21-23(18)14-16/h3-8,16,19-20H,9-14H2,1-2H3. The van der Waals surface area contributed by atoms with Gasteiger partial charge in [-0.05, 0) is 31.8 Å². The van der Waals surface area contributed by atoms with E-state index in [0.29, 0.717) is 12.5 Å².